The summed E-state index contributed by atoms with van der Waals surface area (Å²) in [5.41, 5.74) is -0.501. The van der Waals surface area contributed by atoms with E-state index in [1.807, 2.05) is 9.47 Å². The Hall–Kier alpha value is -4.17. The first-order chi connectivity index (χ1) is 21.4. The highest BCUT2D eigenvalue weighted by atomic mass is 19.4. The minimum Gasteiger partial charge on any atom is -0.488 e. The maximum absolute atomic E-state index is 14.4. The first-order valence-corrected chi connectivity index (χ1v) is 14.1. The predicted molar refractivity (Wildman–Crippen MR) is 146 cm³/mol. The van der Waals surface area contributed by atoms with Crippen molar-refractivity contribution in [3.8, 4) is 5.75 Å². The van der Waals surface area contributed by atoms with E-state index in [0.717, 1.165) is 12.5 Å². The molecular weight excluding hydrogens is 611 g/mol. The van der Waals surface area contributed by atoms with Crippen LogP contribution in [-0.2, 0) is 43.6 Å². The molecule has 6 rings (SSSR count). The quantitative estimate of drug-likeness (QED) is 0.202. The van der Waals surface area contributed by atoms with Gasteiger partial charge in [0.15, 0.2) is 0 Å². The number of rotatable bonds is 9. The first kappa shape index (κ1) is 30.8. The van der Waals surface area contributed by atoms with Crippen molar-refractivity contribution in [3.63, 3.8) is 0 Å². The van der Waals surface area contributed by atoms with Gasteiger partial charge in [0.25, 0.3) is 6.43 Å². The Morgan fingerprint density at radius 2 is 1.82 bits per heavy atom. The van der Waals surface area contributed by atoms with Crippen molar-refractivity contribution in [2.75, 3.05) is 13.2 Å². The zero-order chi connectivity index (χ0) is 32.0. The Bertz CT molecular complexity index is 1750. The monoisotopic (exact) mass is 637 g/mol. The van der Waals surface area contributed by atoms with Gasteiger partial charge in [0.1, 0.15) is 29.8 Å². The number of hydrogen-bond donors (Lipinski definition) is 1. The molecule has 238 valence electrons. The van der Waals surface area contributed by atoms with E-state index >= 15 is 0 Å². The fraction of sp³-hybridized carbons (Fsp3) is 0.355. The predicted octanol–water partition coefficient (Wildman–Crippen LogP) is 6.90. The van der Waals surface area contributed by atoms with Crippen molar-refractivity contribution >= 4 is 17.0 Å². The van der Waals surface area contributed by atoms with Crippen molar-refractivity contribution < 1.29 is 50.1 Å². The minimum atomic E-state index is -4.83. The van der Waals surface area contributed by atoms with Gasteiger partial charge in [-0.05, 0) is 66.4 Å². The van der Waals surface area contributed by atoms with Crippen LogP contribution in [0.1, 0.15) is 56.8 Å². The molecule has 45 heavy (non-hydrogen) atoms. The molecule has 7 nitrogen and oxygen atoms in total. The number of alkyl halides is 5. The second-order valence-electron chi connectivity index (χ2n) is 11.1. The molecule has 0 spiro atoms. The molecule has 14 heteroatoms. The highest BCUT2D eigenvalue weighted by Gasteiger charge is 2.36. The number of aromatic carboxylic acids is 1. The molecule has 0 unspecified atom stereocenters. The van der Waals surface area contributed by atoms with E-state index in [0.29, 0.717) is 66.4 Å². The van der Waals surface area contributed by atoms with E-state index in [9.17, 15) is 40.6 Å². The molecule has 2 aliphatic heterocycles. The summed E-state index contributed by atoms with van der Waals surface area (Å²) in [4.78, 5) is 18.3. The highest BCUT2D eigenvalue weighted by molar-refractivity contribution is 5.92. The number of hydrogen-bond acceptors (Lipinski definition) is 5. The molecule has 1 fully saturated rings. The Labute approximate surface area is 251 Å². The second-order valence-corrected chi connectivity index (χ2v) is 11.1. The smallest absolute Gasteiger partial charge is 0.419 e. The summed E-state index contributed by atoms with van der Waals surface area (Å²) >= 11 is 0. The van der Waals surface area contributed by atoms with Gasteiger partial charge < -0.3 is 19.1 Å². The lowest BCUT2D eigenvalue weighted by Gasteiger charge is -2.31. The molecule has 0 bridgehead atoms. The SMILES string of the molecule is O=C(O)c1ccc2nc(CN3CCc4cc(C(F)(F)F)c(OCc5c(F)cc(C(F)F)cc5F)cc4C3)n(C[C@@H]3CCO3)c2c1. The van der Waals surface area contributed by atoms with Gasteiger partial charge in [-0.3, -0.25) is 4.90 Å². The van der Waals surface area contributed by atoms with E-state index in [4.69, 9.17) is 14.5 Å². The van der Waals surface area contributed by atoms with Crippen LogP contribution < -0.4 is 4.74 Å². The number of ether oxygens (including phenoxy) is 2. The normalized spacial score (nSPS) is 17.0. The number of aromatic nitrogens is 2. The van der Waals surface area contributed by atoms with Gasteiger partial charge in [0, 0.05) is 25.3 Å². The average molecular weight is 638 g/mol. The zero-order valence-electron chi connectivity index (χ0n) is 23.5. The van der Waals surface area contributed by atoms with E-state index in [1.165, 1.54) is 12.1 Å². The van der Waals surface area contributed by atoms with Crippen LogP contribution in [0.25, 0.3) is 11.0 Å². The number of fused-ring (bicyclic) bond motifs is 2. The van der Waals surface area contributed by atoms with Crippen LogP contribution in [0.4, 0.5) is 30.7 Å². The van der Waals surface area contributed by atoms with Crippen LogP contribution in [0.2, 0.25) is 0 Å². The van der Waals surface area contributed by atoms with E-state index < -0.39 is 59.3 Å². The second kappa shape index (κ2) is 12.0. The van der Waals surface area contributed by atoms with Crippen molar-refractivity contribution in [3.05, 3.63) is 93.3 Å². The average Bonchev–Trinajstić information content (AvgIpc) is 3.29. The fourth-order valence-electron chi connectivity index (χ4n) is 5.62. The molecule has 0 radical (unpaired) electrons. The molecule has 0 amide bonds. The van der Waals surface area contributed by atoms with Gasteiger partial charge in [-0.2, -0.15) is 13.2 Å². The third kappa shape index (κ3) is 6.34. The highest BCUT2D eigenvalue weighted by Crippen LogP contribution is 2.40. The van der Waals surface area contributed by atoms with Crippen LogP contribution in [0.15, 0.2) is 42.5 Å². The summed E-state index contributed by atoms with van der Waals surface area (Å²) in [5.74, 6) is -3.79. The van der Waals surface area contributed by atoms with Crippen molar-refractivity contribution in [1.82, 2.24) is 14.5 Å². The number of imidazole rings is 1. The van der Waals surface area contributed by atoms with Gasteiger partial charge in [0.2, 0.25) is 0 Å². The van der Waals surface area contributed by atoms with Crippen LogP contribution >= 0.6 is 0 Å². The summed E-state index contributed by atoms with van der Waals surface area (Å²) in [6, 6.07) is 7.65. The Morgan fingerprint density at radius 3 is 2.44 bits per heavy atom. The molecule has 4 aromatic rings. The lowest BCUT2D eigenvalue weighted by Crippen LogP contribution is -2.34. The van der Waals surface area contributed by atoms with Crippen LogP contribution in [0.5, 0.6) is 5.75 Å². The maximum atomic E-state index is 14.4. The summed E-state index contributed by atoms with van der Waals surface area (Å²) in [6.07, 6.45) is -6.91. The molecular formula is C31H26F7N3O4. The molecule has 1 aromatic heterocycles. The van der Waals surface area contributed by atoms with Gasteiger partial charge in [-0.25, -0.2) is 27.3 Å². The number of carboxylic acid groups (broad SMARTS) is 1. The first-order valence-electron chi connectivity index (χ1n) is 14.1. The summed E-state index contributed by atoms with van der Waals surface area (Å²) in [6.45, 7) is 1.05. The van der Waals surface area contributed by atoms with Gasteiger partial charge in [-0.1, -0.05) is 0 Å². The summed E-state index contributed by atoms with van der Waals surface area (Å²) in [7, 11) is 0. The van der Waals surface area contributed by atoms with E-state index in [1.54, 1.807) is 12.1 Å². The molecule has 1 N–H and O–H groups in total. The largest absolute Gasteiger partial charge is 0.488 e. The minimum absolute atomic E-state index is 0.0570. The molecule has 3 heterocycles. The third-order valence-corrected chi connectivity index (χ3v) is 8.10. The topological polar surface area (TPSA) is 76.8 Å². The summed E-state index contributed by atoms with van der Waals surface area (Å²) in [5, 5.41) is 9.48. The maximum Gasteiger partial charge on any atom is 0.419 e. The van der Waals surface area contributed by atoms with Gasteiger partial charge in [-0.15, -0.1) is 0 Å². The fourth-order valence-corrected chi connectivity index (χ4v) is 5.62. The number of carbonyl (C=O) groups is 1. The molecule has 0 aliphatic carbocycles. The molecule has 0 saturated carbocycles. The van der Waals surface area contributed by atoms with Crippen molar-refractivity contribution in [1.29, 1.82) is 0 Å². The van der Waals surface area contributed by atoms with E-state index in [-0.39, 0.29) is 24.6 Å². The third-order valence-electron chi connectivity index (χ3n) is 8.10. The Balaban J connectivity index is 1.27. The molecule has 3 aromatic carbocycles. The molecule has 1 saturated heterocycles. The number of carboxylic acids is 1. The Kier molecular flexibility index (Phi) is 8.20. The van der Waals surface area contributed by atoms with Crippen molar-refractivity contribution in [2.45, 2.75) is 57.8 Å². The standard InChI is InChI=1S/C31H26F7N3O4/c32-23-8-18(29(34)35)9-24(33)21(23)15-45-27-11-19-12-40(5-3-16(19)7-22(27)31(36,37)38)14-28-39-25-2-1-17(30(42)43)10-26(25)41(28)13-20-4-6-44-20/h1-2,7-11,20,29H,3-6,12-15H2,(H,42,43)/t20-/m0/s1. The van der Waals surface area contributed by atoms with Crippen LogP contribution in [-0.4, -0.2) is 44.8 Å². The summed E-state index contributed by atoms with van der Waals surface area (Å²) < 4.78 is 109. The van der Waals surface area contributed by atoms with Crippen LogP contribution in [0, 0.1) is 11.6 Å². The molecule has 1 atom stereocenters. The lowest BCUT2D eigenvalue weighted by molar-refractivity contribution is -0.139. The van der Waals surface area contributed by atoms with Crippen LogP contribution in [0.3, 0.4) is 0 Å². The number of benzene rings is 3. The number of halogens is 7. The van der Waals surface area contributed by atoms with Gasteiger partial charge in [0.05, 0.1) is 46.9 Å². The van der Waals surface area contributed by atoms with E-state index in [2.05, 4.69) is 0 Å². The molecule has 2 aliphatic rings. The lowest BCUT2D eigenvalue weighted by atomic mass is 9.96. The Morgan fingerprint density at radius 1 is 1.09 bits per heavy atom. The number of nitrogens with zero attached hydrogens (tertiary/aromatic N) is 3. The van der Waals surface area contributed by atoms with Crippen molar-refractivity contribution in [2.24, 2.45) is 0 Å². The van der Waals surface area contributed by atoms with Gasteiger partial charge >= 0.3 is 12.1 Å². The zero-order valence-corrected chi connectivity index (χ0v) is 23.5.